The number of rotatable bonds is 8. The van der Waals surface area contributed by atoms with E-state index < -0.39 is 5.54 Å². The molecule has 0 heterocycles. The lowest BCUT2D eigenvalue weighted by Gasteiger charge is -2.40. The maximum Gasteiger partial charge on any atom is 0.243 e. The molecule has 1 amide bonds. The Kier molecular flexibility index (Phi) is 6.30. The number of carbonyl (C=O) groups excluding carboxylic acids is 1. The smallest absolute Gasteiger partial charge is 0.243 e. The minimum absolute atomic E-state index is 0.186. The number of likely N-dealkylation sites (N-methyl/N-ethyl adjacent to an activating group) is 2. The van der Waals surface area contributed by atoms with E-state index in [4.69, 9.17) is 4.74 Å². The fourth-order valence-electron chi connectivity index (χ4n) is 4.02. The molecule has 0 fully saturated rings. The van der Waals surface area contributed by atoms with E-state index in [1.165, 1.54) is 16.7 Å². The van der Waals surface area contributed by atoms with Gasteiger partial charge in [0.15, 0.2) is 0 Å². The van der Waals surface area contributed by atoms with Crippen LogP contribution in [-0.2, 0) is 28.8 Å². The second-order valence-corrected chi connectivity index (χ2v) is 7.53. The Morgan fingerprint density at radius 1 is 0.963 bits per heavy atom. The summed E-state index contributed by atoms with van der Waals surface area (Å²) >= 11 is 0. The van der Waals surface area contributed by atoms with Crippen LogP contribution in [0.15, 0.2) is 54.6 Å². The van der Waals surface area contributed by atoms with Gasteiger partial charge in [-0.1, -0.05) is 54.6 Å². The first-order valence-corrected chi connectivity index (χ1v) is 9.63. The Morgan fingerprint density at radius 2 is 1.56 bits per heavy atom. The van der Waals surface area contributed by atoms with Crippen molar-refractivity contribution in [1.29, 1.82) is 0 Å². The van der Waals surface area contributed by atoms with Gasteiger partial charge in [-0.25, -0.2) is 0 Å². The van der Waals surface area contributed by atoms with E-state index in [0.717, 1.165) is 25.8 Å². The Balaban J connectivity index is 1.81. The molecule has 27 heavy (non-hydrogen) atoms. The summed E-state index contributed by atoms with van der Waals surface area (Å²) in [6.07, 6.45) is 2.47. The molecule has 0 bridgehead atoms. The zero-order valence-corrected chi connectivity index (χ0v) is 16.6. The summed E-state index contributed by atoms with van der Waals surface area (Å²) < 4.78 is 5.18. The van der Waals surface area contributed by atoms with E-state index in [-0.39, 0.29) is 5.91 Å². The summed E-state index contributed by atoms with van der Waals surface area (Å²) in [6.45, 7) is 2.01. The quantitative estimate of drug-likeness (QED) is 0.720. The molecule has 0 atom stereocenters. The van der Waals surface area contributed by atoms with E-state index in [1.54, 1.807) is 7.11 Å². The summed E-state index contributed by atoms with van der Waals surface area (Å²) in [5, 5.41) is 0. The van der Waals surface area contributed by atoms with Gasteiger partial charge >= 0.3 is 0 Å². The number of benzene rings is 2. The summed E-state index contributed by atoms with van der Waals surface area (Å²) in [7, 11) is 5.65. The van der Waals surface area contributed by atoms with Crippen molar-refractivity contribution in [3.63, 3.8) is 0 Å². The summed E-state index contributed by atoms with van der Waals surface area (Å²) in [4.78, 5) is 17.6. The molecular formula is C23H30N2O2. The topological polar surface area (TPSA) is 32.8 Å². The third kappa shape index (κ3) is 4.23. The molecule has 0 saturated carbocycles. The minimum atomic E-state index is -0.513. The zero-order valence-electron chi connectivity index (χ0n) is 16.6. The molecular weight excluding hydrogens is 336 g/mol. The zero-order chi connectivity index (χ0) is 19.3. The second kappa shape index (κ2) is 8.68. The van der Waals surface area contributed by atoms with Crippen LogP contribution in [0.5, 0.6) is 0 Å². The highest BCUT2D eigenvalue weighted by atomic mass is 16.5. The number of carbonyl (C=O) groups is 1. The van der Waals surface area contributed by atoms with Crippen molar-refractivity contribution in [2.75, 3.05) is 40.9 Å². The fraction of sp³-hybridized carbons (Fsp3) is 0.435. The van der Waals surface area contributed by atoms with Crippen LogP contribution in [0.3, 0.4) is 0 Å². The van der Waals surface area contributed by atoms with Crippen LogP contribution in [0.25, 0.3) is 0 Å². The summed E-state index contributed by atoms with van der Waals surface area (Å²) in [6, 6.07) is 18.9. The molecule has 2 aromatic rings. The van der Waals surface area contributed by atoms with Crippen molar-refractivity contribution in [1.82, 2.24) is 9.80 Å². The van der Waals surface area contributed by atoms with Gasteiger partial charge in [-0.3, -0.25) is 9.69 Å². The monoisotopic (exact) mass is 366 g/mol. The average Bonchev–Trinajstić information content (AvgIpc) is 3.11. The predicted octanol–water partition coefficient (Wildman–Crippen LogP) is 2.80. The van der Waals surface area contributed by atoms with Crippen LogP contribution >= 0.6 is 0 Å². The first kappa shape index (κ1) is 19.6. The van der Waals surface area contributed by atoms with E-state index in [2.05, 4.69) is 60.5 Å². The van der Waals surface area contributed by atoms with Crippen LogP contribution in [0.2, 0.25) is 0 Å². The highest BCUT2D eigenvalue weighted by molar-refractivity contribution is 5.88. The van der Waals surface area contributed by atoms with Crippen molar-refractivity contribution < 1.29 is 9.53 Å². The molecule has 0 aliphatic heterocycles. The number of nitrogens with zero attached hydrogens (tertiary/aromatic N) is 2. The second-order valence-electron chi connectivity index (χ2n) is 7.53. The predicted molar refractivity (Wildman–Crippen MR) is 109 cm³/mol. The molecule has 0 saturated heterocycles. The highest BCUT2D eigenvalue weighted by Crippen LogP contribution is 2.35. The molecule has 3 rings (SSSR count). The number of hydrogen-bond donors (Lipinski definition) is 0. The molecule has 0 unspecified atom stereocenters. The van der Waals surface area contributed by atoms with Crippen LogP contribution < -0.4 is 0 Å². The Bertz CT molecular complexity index is 735. The first-order valence-electron chi connectivity index (χ1n) is 9.63. The Hall–Kier alpha value is -2.17. The lowest BCUT2D eigenvalue weighted by atomic mass is 9.91. The van der Waals surface area contributed by atoms with Crippen molar-refractivity contribution in [3.8, 4) is 0 Å². The van der Waals surface area contributed by atoms with Gasteiger partial charge in [0.05, 0.1) is 6.61 Å². The van der Waals surface area contributed by atoms with Gasteiger partial charge in [-0.05, 0) is 30.2 Å². The largest absolute Gasteiger partial charge is 0.383 e. The third-order valence-corrected chi connectivity index (χ3v) is 5.77. The third-order valence-electron chi connectivity index (χ3n) is 5.77. The Morgan fingerprint density at radius 3 is 2.15 bits per heavy atom. The normalized spacial score (nSPS) is 15.0. The fourth-order valence-corrected chi connectivity index (χ4v) is 4.02. The van der Waals surface area contributed by atoms with Crippen molar-refractivity contribution in [2.24, 2.45) is 0 Å². The molecule has 1 aliphatic carbocycles. The number of amides is 1. The molecule has 144 valence electrons. The first-order chi connectivity index (χ1) is 13.1. The van der Waals surface area contributed by atoms with Crippen molar-refractivity contribution in [2.45, 2.75) is 24.8 Å². The van der Waals surface area contributed by atoms with Crippen molar-refractivity contribution >= 4 is 5.91 Å². The lowest BCUT2D eigenvalue weighted by molar-refractivity contribution is -0.142. The van der Waals surface area contributed by atoms with Crippen LogP contribution in [0, 0.1) is 0 Å². The van der Waals surface area contributed by atoms with E-state index in [1.807, 2.05) is 18.0 Å². The maximum absolute atomic E-state index is 13.5. The summed E-state index contributed by atoms with van der Waals surface area (Å²) in [5.74, 6) is 0.186. The molecule has 0 spiro atoms. The lowest BCUT2D eigenvalue weighted by Crippen LogP contribution is -2.59. The molecule has 4 nitrogen and oxygen atoms in total. The van der Waals surface area contributed by atoms with E-state index in [9.17, 15) is 4.79 Å². The van der Waals surface area contributed by atoms with E-state index >= 15 is 0 Å². The van der Waals surface area contributed by atoms with Gasteiger partial charge in [-0.2, -0.15) is 0 Å². The van der Waals surface area contributed by atoms with Gasteiger partial charge in [-0.15, -0.1) is 0 Å². The van der Waals surface area contributed by atoms with Crippen LogP contribution in [0.4, 0.5) is 0 Å². The van der Waals surface area contributed by atoms with Crippen LogP contribution in [-0.4, -0.2) is 62.1 Å². The van der Waals surface area contributed by atoms with E-state index in [0.29, 0.717) is 13.2 Å². The summed E-state index contributed by atoms with van der Waals surface area (Å²) in [5.41, 5.74) is 3.37. The Labute approximate surface area is 162 Å². The number of ether oxygens (including phenoxy) is 1. The molecule has 1 aliphatic rings. The van der Waals surface area contributed by atoms with Gasteiger partial charge in [0.2, 0.25) is 5.91 Å². The number of fused-ring (bicyclic) bond motifs is 1. The molecule has 0 radical (unpaired) electrons. The van der Waals surface area contributed by atoms with Gasteiger partial charge in [0, 0.05) is 40.1 Å². The SMILES string of the molecule is COCCN(C)C(=O)C1(N(C)CCc2ccccc2)Cc2ccccc2C1. The standard InChI is InChI=1S/C23H30N2O2/c1-24(15-16-27-3)22(26)23(17-20-11-7-8-12-21(20)18-23)25(2)14-13-19-9-5-4-6-10-19/h4-12H,13-18H2,1-3H3. The van der Waals surface area contributed by atoms with Gasteiger partial charge < -0.3 is 9.64 Å². The minimum Gasteiger partial charge on any atom is -0.383 e. The average molecular weight is 367 g/mol. The molecule has 0 aromatic heterocycles. The molecule has 4 heteroatoms. The highest BCUT2D eigenvalue weighted by Gasteiger charge is 2.47. The van der Waals surface area contributed by atoms with Crippen LogP contribution in [0.1, 0.15) is 16.7 Å². The van der Waals surface area contributed by atoms with Gasteiger partial charge in [0.25, 0.3) is 0 Å². The molecule has 2 aromatic carbocycles. The number of methoxy groups -OCH3 is 1. The van der Waals surface area contributed by atoms with Crippen molar-refractivity contribution in [3.05, 3.63) is 71.3 Å². The maximum atomic E-state index is 13.5. The number of hydrogen-bond acceptors (Lipinski definition) is 3. The molecule has 0 N–H and O–H groups in total. The van der Waals surface area contributed by atoms with Gasteiger partial charge in [0.1, 0.15) is 5.54 Å².